The number of carbonyl (C=O) groups excluding carboxylic acids is 2. The molecule has 0 amide bonds. The largest absolute Gasteiger partial charge is 0.465 e. The molecule has 0 saturated heterocycles. The highest BCUT2D eigenvalue weighted by Gasteiger charge is 2.20. The van der Waals surface area contributed by atoms with Crippen LogP contribution in [0.2, 0.25) is 0 Å². The van der Waals surface area contributed by atoms with E-state index in [-0.39, 0.29) is 37.0 Å². The minimum absolute atomic E-state index is 0.00393. The van der Waals surface area contributed by atoms with Crippen molar-refractivity contribution in [3.05, 3.63) is 12.5 Å². The van der Waals surface area contributed by atoms with Gasteiger partial charge in [0, 0.05) is 18.9 Å². The van der Waals surface area contributed by atoms with Gasteiger partial charge in [-0.05, 0) is 18.8 Å². The van der Waals surface area contributed by atoms with Crippen molar-refractivity contribution in [1.29, 1.82) is 0 Å². The van der Waals surface area contributed by atoms with Crippen molar-refractivity contribution in [2.24, 2.45) is 17.6 Å². The standard InChI is InChI=1S/C19H30N6O4/c1-4-5-15(26)29-10-13(6-7-28-18(27)16(20)12(2)3)9-25-11-23-14-8-22-19(21)24-17(14)25/h8,11-13,16H,4-7,9-10,20H2,1-3H3,(H2,21,22,24)/t13-,16+/m1/s1. The van der Waals surface area contributed by atoms with Gasteiger partial charge in [-0.15, -0.1) is 0 Å². The Morgan fingerprint density at radius 2 is 2.00 bits per heavy atom. The summed E-state index contributed by atoms with van der Waals surface area (Å²) in [4.78, 5) is 36.2. The Hall–Kier alpha value is -2.75. The second-order valence-corrected chi connectivity index (χ2v) is 7.36. The average Bonchev–Trinajstić information content (AvgIpc) is 3.07. The van der Waals surface area contributed by atoms with Crippen LogP contribution in [0.3, 0.4) is 0 Å². The first-order valence-corrected chi connectivity index (χ1v) is 9.83. The summed E-state index contributed by atoms with van der Waals surface area (Å²) < 4.78 is 12.5. The van der Waals surface area contributed by atoms with Gasteiger partial charge >= 0.3 is 11.9 Å². The third-order valence-electron chi connectivity index (χ3n) is 4.53. The first-order valence-electron chi connectivity index (χ1n) is 9.83. The zero-order valence-electron chi connectivity index (χ0n) is 17.2. The number of carbonyl (C=O) groups is 2. The lowest BCUT2D eigenvalue weighted by atomic mass is 10.1. The van der Waals surface area contributed by atoms with Crippen LogP contribution in [-0.4, -0.2) is 50.7 Å². The van der Waals surface area contributed by atoms with Gasteiger partial charge in [0.15, 0.2) is 5.65 Å². The van der Waals surface area contributed by atoms with Crippen molar-refractivity contribution in [2.75, 3.05) is 18.9 Å². The monoisotopic (exact) mass is 406 g/mol. The number of nitrogens with zero attached hydrogens (tertiary/aromatic N) is 4. The minimum atomic E-state index is -0.659. The molecule has 10 heteroatoms. The predicted molar refractivity (Wildman–Crippen MR) is 107 cm³/mol. The Kier molecular flexibility index (Phi) is 8.32. The number of ether oxygens (including phenoxy) is 2. The Bertz CT molecular complexity index is 822. The normalized spacial score (nSPS) is 13.4. The lowest BCUT2D eigenvalue weighted by molar-refractivity contribution is -0.149. The molecule has 2 atom stereocenters. The van der Waals surface area contributed by atoms with E-state index in [1.807, 2.05) is 25.3 Å². The van der Waals surface area contributed by atoms with E-state index >= 15 is 0 Å². The molecule has 2 aromatic heterocycles. The maximum atomic E-state index is 12.0. The number of imidazole rings is 1. The molecule has 0 radical (unpaired) electrons. The lowest BCUT2D eigenvalue weighted by Crippen LogP contribution is -2.37. The Labute approximate surface area is 170 Å². The first kappa shape index (κ1) is 22.5. The van der Waals surface area contributed by atoms with Crippen LogP contribution in [-0.2, 0) is 25.6 Å². The van der Waals surface area contributed by atoms with E-state index in [0.29, 0.717) is 30.6 Å². The van der Waals surface area contributed by atoms with Crippen molar-refractivity contribution >= 4 is 29.1 Å². The fourth-order valence-corrected chi connectivity index (χ4v) is 2.69. The van der Waals surface area contributed by atoms with Crippen LogP contribution in [0.5, 0.6) is 0 Å². The number of aromatic nitrogens is 4. The van der Waals surface area contributed by atoms with Crippen LogP contribution >= 0.6 is 0 Å². The number of rotatable bonds is 11. The van der Waals surface area contributed by atoms with Crippen LogP contribution in [0.4, 0.5) is 5.95 Å². The summed E-state index contributed by atoms with van der Waals surface area (Å²) >= 11 is 0. The molecule has 0 aliphatic rings. The summed E-state index contributed by atoms with van der Waals surface area (Å²) in [6.45, 7) is 6.49. The number of nitrogens with two attached hydrogens (primary N) is 2. The van der Waals surface area contributed by atoms with Crippen molar-refractivity contribution in [1.82, 2.24) is 19.5 Å². The van der Waals surface area contributed by atoms with E-state index in [2.05, 4.69) is 15.0 Å². The summed E-state index contributed by atoms with van der Waals surface area (Å²) in [6.07, 6.45) is 4.77. The smallest absolute Gasteiger partial charge is 0.323 e. The van der Waals surface area contributed by atoms with E-state index in [1.54, 1.807) is 12.5 Å². The predicted octanol–water partition coefficient (Wildman–Crippen LogP) is 1.28. The van der Waals surface area contributed by atoms with Gasteiger partial charge in [-0.3, -0.25) is 9.59 Å². The summed E-state index contributed by atoms with van der Waals surface area (Å²) in [5, 5.41) is 0. The minimum Gasteiger partial charge on any atom is -0.465 e. The van der Waals surface area contributed by atoms with Gasteiger partial charge in [0.25, 0.3) is 0 Å². The molecular weight excluding hydrogens is 376 g/mol. The number of nitrogen functional groups attached to an aromatic ring is 1. The van der Waals surface area contributed by atoms with Gasteiger partial charge in [0.1, 0.15) is 11.6 Å². The summed E-state index contributed by atoms with van der Waals surface area (Å²) in [5.41, 5.74) is 12.7. The van der Waals surface area contributed by atoms with E-state index < -0.39 is 12.0 Å². The van der Waals surface area contributed by atoms with Gasteiger partial charge in [-0.25, -0.2) is 9.97 Å². The molecule has 0 fully saturated rings. The van der Waals surface area contributed by atoms with Crippen LogP contribution in [0, 0.1) is 11.8 Å². The molecule has 29 heavy (non-hydrogen) atoms. The molecular formula is C19H30N6O4. The van der Waals surface area contributed by atoms with E-state index in [1.165, 1.54) is 0 Å². The molecule has 2 rings (SSSR count). The summed E-state index contributed by atoms with van der Waals surface area (Å²) in [5.74, 6) is -0.640. The molecule has 0 bridgehead atoms. The average molecular weight is 406 g/mol. The third kappa shape index (κ3) is 6.67. The lowest BCUT2D eigenvalue weighted by Gasteiger charge is -2.19. The zero-order chi connectivity index (χ0) is 21.4. The number of hydrogen-bond donors (Lipinski definition) is 2. The van der Waals surface area contributed by atoms with Gasteiger partial charge in [0.2, 0.25) is 5.95 Å². The second kappa shape index (κ2) is 10.7. The van der Waals surface area contributed by atoms with Crippen LogP contribution in [0.1, 0.15) is 40.0 Å². The van der Waals surface area contributed by atoms with E-state index in [0.717, 1.165) is 6.42 Å². The van der Waals surface area contributed by atoms with Gasteiger partial charge in [-0.1, -0.05) is 20.8 Å². The van der Waals surface area contributed by atoms with Gasteiger partial charge in [-0.2, -0.15) is 4.98 Å². The SMILES string of the molecule is CCCC(=O)OC[C@H](CCOC(=O)[C@@H](N)C(C)C)Cn1cnc2cnc(N)nc21. The molecule has 0 aliphatic heterocycles. The highest BCUT2D eigenvalue weighted by atomic mass is 16.5. The quantitative estimate of drug-likeness (QED) is 0.526. The Morgan fingerprint density at radius 3 is 2.69 bits per heavy atom. The number of hydrogen-bond acceptors (Lipinski definition) is 9. The molecule has 10 nitrogen and oxygen atoms in total. The maximum Gasteiger partial charge on any atom is 0.323 e. The number of esters is 2. The van der Waals surface area contributed by atoms with E-state index in [9.17, 15) is 9.59 Å². The van der Waals surface area contributed by atoms with Crippen molar-refractivity contribution in [2.45, 2.75) is 52.6 Å². The molecule has 2 aromatic rings. The fourth-order valence-electron chi connectivity index (χ4n) is 2.69. The van der Waals surface area contributed by atoms with Crippen molar-refractivity contribution in [3.63, 3.8) is 0 Å². The third-order valence-corrected chi connectivity index (χ3v) is 4.53. The Balaban J connectivity index is 2.02. The van der Waals surface area contributed by atoms with Gasteiger partial charge < -0.3 is 25.5 Å². The van der Waals surface area contributed by atoms with Gasteiger partial charge in [0.05, 0.1) is 25.7 Å². The molecule has 0 unspecified atom stereocenters. The highest BCUT2D eigenvalue weighted by molar-refractivity contribution is 5.75. The molecule has 0 spiro atoms. The van der Waals surface area contributed by atoms with E-state index in [4.69, 9.17) is 20.9 Å². The molecule has 0 aromatic carbocycles. The molecule has 2 heterocycles. The highest BCUT2D eigenvalue weighted by Crippen LogP contribution is 2.15. The fraction of sp³-hybridized carbons (Fsp3) is 0.632. The molecule has 4 N–H and O–H groups in total. The first-order chi connectivity index (χ1) is 13.8. The topological polar surface area (TPSA) is 148 Å². The molecule has 0 aliphatic carbocycles. The van der Waals surface area contributed by atoms with Crippen molar-refractivity contribution in [3.8, 4) is 0 Å². The summed E-state index contributed by atoms with van der Waals surface area (Å²) in [7, 11) is 0. The summed E-state index contributed by atoms with van der Waals surface area (Å²) in [6, 6.07) is -0.659. The molecule has 0 saturated carbocycles. The number of anilines is 1. The van der Waals surface area contributed by atoms with Crippen molar-refractivity contribution < 1.29 is 19.1 Å². The maximum absolute atomic E-state index is 12.0. The van der Waals surface area contributed by atoms with Crippen LogP contribution in [0.15, 0.2) is 12.5 Å². The zero-order valence-corrected chi connectivity index (χ0v) is 17.2. The van der Waals surface area contributed by atoms with Crippen LogP contribution in [0.25, 0.3) is 11.2 Å². The number of fused-ring (bicyclic) bond motifs is 1. The molecule has 160 valence electrons. The Morgan fingerprint density at radius 1 is 1.24 bits per heavy atom. The van der Waals surface area contributed by atoms with Crippen LogP contribution < -0.4 is 11.5 Å². The second-order valence-electron chi connectivity index (χ2n) is 7.36.